The van der Waals surface area contributed by atoms with E-state index in [1.54, 1.807) is 42.1 Å². The van der Waals surface area contributed by atoms with Crippen molar-refractivity contribution >= 4 is 51.3 Å². The Labute approximate surface area is 152 Å². The molecule has 0 aliphatic rings. The fourth-order valence-electron chi connectivity index (χ4n) is 2.21. The molecule has 0 aliphatic carbocycles. The van der Waals surface area contributed by atoms with Gasteiger partial charge in [0.15, 0.2) is 5.13 Å². The number of nitrogens with one attached hydrogen (secondary N) is 1. The molecular weight excluding hydrogens is 360 g/mol. The maximum absolute atomic E-state index is 12.6. The highest BCUT2D eigenvalue weighted by Gasteiger charge is 2.19. The van der Waals surface area contributed by atoms with Crippen molar-refractivity contribution in [3.8, 4) is 0 Å². The summed E-state index contributed by atoms with van der Waals surface area (Å²) in [5, 5.41) is 5.19. The van der Waals surface area contributed by atoms with E-state index in [0.29, 0.717) is 21.1 Å². The zero-order chi connectivity index (χ0) is 17.1. The molecule has 0 saturated carbocycles. The van der Waals surface area contributed by atoms with Crippen LogP contribution in [0.15, 0.2) is 46.0 Å². The van der Waals surface area contributed by atoms with Crippen LogP contribution in [-0.4, -0.2) is 22.9 Å². The van der Waals surface area contributed by atoms with Gasteiger partial charge in [0, 0.05) is 5.56 Å². The first-order valence-corrected chi connectivity index (χ1v) is 10.0. The number of ketones is 1. The lowest BCUT2D eigenvalue weighted by molar-refractivity contribution is 0.0997. The molecule has 0 atom stereocenters. The van der Waals surface area contributed by atoms with E-state index < -0.39 is 0 Å². The lowest BCUT2D eigenvalue weighted by atomic mass is 10.0. The van der Waals surface area contributed by atoms with E-state index >= 15 is 0 Å². The lowest BCUT2D eigenvalue weighted by Gasteiger charge is -2.07. The van der Waals surface area contributed by atoms with E-state index in [1.807, 2.05) is 24.6 Å². The van der Waals surface area contributed by atoms with Gasteiger partial charge >= 0.3 is 0 Å². The molecule has 3 aromatic rings. The normalized spacial score (nSPS) is 10.6. The minimum absolute atomic E-state index is 0.143. The van der Waals surface area contributed by atoms with Gasteiger partial charge in [-0.15, -0.1) is 23.1 Å². The van der Waals surface area contributed by atoms with E-state index in [1.165, 1.54) is 22.7 Å². The van der Waals surface area contributed by atoms with Crippen molar-refractivity contribution < 1.29 is 9.59 Å². The van der Waals surface area contributed by atoms with Crippen LogP contribution in [0.5, 0.6) is 0 Å². The Balaban J connectivity index is 1.89. The minimum Gasteiger partial charge on any atom is -0.298 e. The SMILES string of the molecule is CSc1sc(NC(=O)c2ccccc2C(=O)c2cccs2)nc1C. The predicted octanol–water partition coefficient (Wildman–Crippen LogP) is 4.72. The quantitative estimate of drug-likeness (QED) is 0.519. The average Bonchev–Trinajstić information content (AvgIpc) is 3.23. The third kappa shape index (κ3) is 3.43. The van der Waals surface area contributed by atoms with Crippen molar-refractivity contribution in [3.05, 3.63) is 63.5 Å². The van der Waals surface area contributed by atoms with Crippen LogP contribution in [0.4, 0.5) is 5.13 Å². The van der Waals surface area contributed by atoms with E-state index in [2.05, 4.69) is 10.3 Å². The van der Waals surface area contributed by atoms with E-state index in [0.717, 1.165) is 9.90 Å². The third-order valence-electron chi connectivity index (χ3n) is 3.32. The van der Waals surface area contributed by atoms with Gasteiger partial charge in [-0.25, -0.2) is 4.98 Å². The number of aryl methyl sites for hydroxylation is 1. The van der Waals surface area contributed by atoms with E-state index in [4.69, 9.17) is 0 Å². The van der Waals surface area contributed by atoms with Crippen molar-refractivity contribution in [3.63, 3.8) is 0 Å². The van der Waals surface area contributed by atoms with E-state index in [-0.39, 0.29) is 11.7 Å². The van der Waals surface area contributed by atoms with Gasteiger partial charge in [0.2, 0.25) is 5.78 Å². The predicted molar refractivity (Wildman–Crippen MR) is 101 cm³/mol. The zero-order valence-electron chi connectivity index (χ0n) is 13.0. The minimum atomic E-state index is -0.322. The summed E-state index contributed by atoms with van der Waals surface area (Å²) in [6.07, 6.45) is 1.97. The van der Waals surface area contributed by atoms with Crippen molar-refractivity contribution in [2.75, 3.05) is 11.6 Å². The molecule has 0 saturated heterocycles. The lowest BCUT2D eigenvalue weighted by Crippen LogP contribution is -2.16. The van der Waals surface area contributed by atoms with Gasteiger partial charge in [-0.3, -0.25) is 14.9 Å². The summed E-state index contributed by atoms with van der Waals surface area (Å²) >= 11 is 4.39. The molecule has 0 fully saturated rings. The highest BCUT2D eigenvalue weighted by molar-refractivity contribution is 8.00. The second-order valence-corrected chi connectivity index (χ2v) is 7.92. The van der Waals surface area contributed by atoms with Crippen LogP contribution in [-0.2, 0) is 0 Å². The van der Waals surface area contributed by atoms with Gasteiger partial charge in [-0.05, 0) is 30.7 Å². The van der Waals surface area contributed by atoms with Crippen molar-refractivity contribution in [2.24, 2.45) is 0 Å². The van der Waals surface area contributed by atoms with Crippen LogP contribution >= 0.6 is 34.4 Å². The molecule has 0 spiro atoms. The largest absolute Gasteiger partial charge is 0.298 e. The number of benzene rings is 1. The summed E-state index contributed by atoms with van der Waals surface area (Å²) in [7, 11) is 0. The number of hydrogen-bond donors (Lipinski definition) is 1. The molecule has 0 unspecified atom stereocenters. The van der Waals surface area contributed by atoms with Gasteiger partial charge in [-0.1, -0.05) is 35.6 Å². The van der Waals surface area contributed by atoms with Crippen molar-refractivity contribution in [1.82, 2.24) is 4.98 Å². The highest BCUT2D eigenvalue weighted by Crippen LogP contribution is 2.30. The number of carbonyl (C=O) groups is 2. The first-order chi connectivity index (χ1) is 11.6. The summed E-state index contributed by atoms with van der Waals surface area (Å²) in [5.74, 6) is -0.465. The molecule has 24 heavy (non-hydrogen) atoms. The number of thioether (sulfide) groups is 1. The number of carbonyl (C=O) groups excluding carboxylic acids is 2. The molecule has 7 heteroatoms. The van der Waals surface area contributed by atoms with Crippen LogP contribution in [0.25, 0.3) is 0 Å². The third-order valence-corrected chi connectivity index (χ3v) is 6.47. The number of anilines is 1. The topological polar surface area (TPSA) is 59.1 Å². The fraction of sp³-hybridized carbons (Fsp3) is 0.118. The molecule has 2 aromatic heterocycles. The second kappa shape index (κ2) is 7.29. The highest BCUT2D eigenvalue weighted by atomic mass is 32.2. The Kier molecular flexibility index (Phi) is 5.13. The molecule has 1 aromatic carbocycles. The molecule has 2 heterocycles. The molecule has 1 amide bonds. The Bertz CT molecular complexity index is 885. The second-order valence-electron chi connectivity index (χ2n) is 4.90. The molecule has 1 N–H and O–H groups in total. The number of aromatic nitrogens is 1. The Morgan fingerprint density at radius 1 is 1.12 bits per heavy atom. The molecule has 0 radical (unpaired) electrons. The first kappa shape index (κ1) is 16.9. The number of rotatable bonds is 5. The number of amides is 1. The van der Waals surface area contributed by atoms with Gasteiger partial charge in [-0.2, -0.15) is 0 Å². The first-order valence-electron chi connectivity index (χ1n) is 7.10. The van der Waals surface area contributed by atoms with Crippen LogP contribution < -0.4 is 5.32 Å². The van der Waals surface area contributed by atoms with Crippen molar-refractivity contribution in [1.29, 1.82) is 0 Å². The van der Waals surface area contributed by atoms with Crippen LogP contribution in [0, 0.1) is 6.92 Å². The smallest absolute Gasteiger partial charge is 0.258 e. The fourth-order valence-corrected chi connectivity index (χ4v) is 4.49. The Morgan fingerprint density at radius 2 is 1.88 bits per heavy atom. The standard InChI is InChI=1S/C17H14N2O2S3/c1-10-16(22-2)24-17(18-10)19-15(21)12-7-4-3-6-11(12)14(20)13-8-5-9-23-13/h3-9H,1-2H3,(H,18,19,21). The maximum atomic E-state index is 12.6. The molecular formula is C17H14N2O2S3. The summed E-state index contributed by atoms with van der Waals surface area (Å²) in [5.41, 5.74) is 1.65. The van der Waals surface area contributed by atoms with Gasteiger partial charge < -0.3 is 0 Å². The average molecular weight is 375 g/mol. The molecule has 122 valence electrons. The molecule has 4 nitrogen and oxygen atoms in total. The van der Waals surface area contributed by atoms with Crippen molar-refractivity contribution in [2.45, 2.75) is 11.1 Å². The van der Waals surface area contributed by atoms with Crippen LogP contribution in [0.3, 0.4) is 0 Å². The summed E-state index contributed by atoms with van der Waals surface area (Å²) in [6.45, 7) is 1.91. The number of thiophene rings is 1. The Morgan fingerprint density at radius 3 is 2.50 bits per heavy atom. The molecule has 0 bridgehead atoms. The molecule has 0 aliphatic heterocycles. The van der Waals surface area contributed by atoms with Crippen LogP contribution in [0.2, 0.25) is 0 Å². The van der Waals surface area contributed by atoms with Gasteiger partial charge in [0.05, 0.1) is 20.3 Å². The molecule has 3 rings (SSSR count). The monoisotopic (exact) mass is 374 g/mol. The summed E-state index contributed by atoms with van der Waals surface area (Å²) in [4.78, 5) is 30.2. The van der Waals surface area contributed by atoms with E-state index in [9.17, 15) is 9.59 Å². The number of hydrogen-bond acceptors (Lipinski definition) is 6. The Hall–Kier alpha value is -1.96. The van der Waals surface area contributed by atoms with Gasteiger partial charge in [0.1, 0.15) is 0 Å². The summed E-state index contributed by atoms with van der Waals surface area (Å²) < 4.78 is 1.06. The maximum Gasteiger partial charge on any atom is 0.258 e. The summed E-state index contributed by atoms with van der Waals surface area (Å²) in [6, 6.07) is 10.4. The number of nitrogens with zero attached hydrogens (tertiary/aromatic N) is 1. The number of thiazole rings is 1. The van der Waals surface area contributed by atoms with Crippen LogP contribution in [0.1, 0.15) is 31.3 Å². The zero-order valence-corrected chi connectivity index (χ0v) is 15.5. The van der Waals surface area contributed by atoms with Gasteiger partial charge in [0.25, 0.3) is 5.91 Å².